The molecule has 1 amide bonds. The second kappa shape index (κ2) is 5.70. The van der Waals surface area contributed by atoms with Gasteiger partial charge in [0.1, 0.15) is 0 Å². The highest BCUT2D eigenvalue weighted by Gasteiger charge is 2.05. The standard InChI is InChI=1S/C12H13NO3/c1-9(8-11(14)16-2)13-12(15)10-6-4-3-5-7-10/h3-8H,1-2H3,(H,13,15)/b9-8+. The molecule has 0 radical (unpaired) electrons. The molecule has 0 unspecified atom stereocenters. The average Bonchev–Trinajstić information content (AvgIpc) is 2.29. The van der Waals surface area contributed by atoms with Crippen LogP contribution in [0.4, 0.5) is 0 Å². The lowest BCUT2D eigenvalue weighted by atomic mass is 10.2. The summed E-state index contributed by atoms with van der Waals surface area (Å²) in [4.78, 5) is 22.5. The van der Waals surface area contributed by atoms with Gasteiger partial charge in [-0.25, -0.2) is 4.79 Å². The smallest absolute Gasteiger partial charge is 0.332 e. The first-order chi connectivity index (χ1) is 7.63. The Kier molecular flexibility index (Phi) is 4.27. The Morgan fingerprint density at radius 1 is 1.25 bits per heavy atom. The van der Waals surface area contributed by atoms with E-state index in [2.05, 4.69) is 10.1 Å². The topological polar surface area (TPSA) is 55.4 Å². The summed E-state index contributed by atoms with van der Waals surface area (Å²) in [5, 5.41) is 2.58. The van der Waals surface area contributed by atoms with Crippen LogP contribution in [0.5, 0.6) is 0 Å². The molecule has 0 aliphatic carbocycles. The van der Waals surface area contributed by atoms with E-state index in [4.69, 9.17) is 0 Å². The molecule has 1 aromatic rings. The summed E-state index contributed by atoms with van der Waals surface area (Å²) in [5.74, 6) is -0.746. The molecule has 1 aromatic carbocycles. The summed E-state index contributed by atoms with van der Waals surface area (Å²) in [6, 6.07) is 8.76. The van der Waals surface area contributed by atoms with E-state index in [9.17, 15) is 9.59 Å². The van der Waals surface area contributed by atoms with Crippen molar-refractivity contribution in [2.75, 3.05) is 7.11 Å². The van der Waals surface area contributed by atoms with Crippen molar-refractivity contribution in [1.82, 2.24) is 5.32 Å². The number of carbonyl (C=O) groups is 2. The van der Waals surface area contributed by atoms with E-state index in [0.29, 0.717) is 11.3 Å². The van der Waals surface area contributed by atoms with Crippen molar-refractivity contribution in [3.05, 3.63) is 47.7 Å². The Morgan fingerprint density at radius 3 is 2.44 bits per heavy atom. The average molecular weight is 219 g/mol. The third kappa shape index (κ3) is 3.57. The molecular formula is C12H13NO3. The van der Waals surface area contributed by atoms with Gasteiger partial charge in [0.15, 0.2) is 0 Å². The van der Waals surface area contributed by atoms with Gasteiger partial charge in [-0.05, 0) is 19.1 Å². The fourth-order valence-electron chi connectivity index (χ4n) is 1.11. The Balaban J connectivity index is 2.66. The maximum Gasteiger partial charge on any atom is 0.332 e. The molecule has 1 N–H and O–H groups in total. The first-order valence-corrected chi connectivity index (χ1v) is 4.76. The van der Waals surface area contributed by atoms with E-state index in [1.54, 1.807) is 31.2 Å². The number of benzene rings is 1. The largest absolute Gasteiger partial charge is 0.466 e. The second-order valence-corrected chi connectivity index (χ2v) is 3.17. The molecule has 1 rings (SSSR count). The van der Waals surface area contributed by atoms with Crippen LogP contribution in [-0.4, -0.2) is 19.0 Å². The number of esters is 1. The third-order valence-corrected chi connectivity index (χ3v) is 1.88. The number of allylic oxidation sites excluding steroid dienone is 1. The highest BCUT2D eigenvalue weighted by atomic mass is 16.5. The molecule has 0 aliphatic rings. The number of hydrogen-bond acceptors (Lipinski definition) is 3. The van der Waals surface area contributed by atoms with Gasteiger partial charge in [0.25, 0.3) is 5.91 Å². The van der Waals surface area contributed by atoms with Gasteiger partial charge in [-0.2, -0.15) is 0 Å². The minimum Gasteiger partial charge on any atom is -0.466 e. The van der Waals surface area contributed by atoms with E-state index in [-0.39, 0.29) is 5.91 Å². The predicted molar refractivity (Wildman–Crippen MR) is 59.7 cm³/mol. The molecule has 0 heterocycles. The molecular weight excluding hydrogens is 206 g/mol. The van der Waals surface area contributed by atoms with E-state index in [0.717, 1.165) is 0 Å². The summed E-state index contributed by atoms with van der Waals surface area (Å²) in [7, 11) is 1.28. The monoisotopic (exact) mass is 219 g/mol. The van der Waals surface area contributed by atoms with Crippen molar-refractivity contribution in [2.24, 2.45) is 0 Å². The molecule has 0 aromatic heterocycles. The van der Waals surface area contributed by atoms with E-state index in [1.165, 1.54) is 13.2 Å². The highest BCUT2D eigenvalue weighted by molar-refractivity contribution is 5.96. The maximum absolute atomic E-state index is 11.6. The highest BCUT2D eigenvalue weighted by Crippen LogP contribution is 1.99. The number of nitrogens with one attached hydrogen (secondary N) is 1. The zero-order valence-electron chi connectivity index (χ0n) is 9.19. The number of carbonyl (C=O) groups excluding carboxylic acids is 2. The Labute approximate surface area is 93.9 Å². The van der Waals surface area contributed by atoms with Crippen molar-refractivity contribution in [1.29, 1.82) is 0 Å². The third-order valence-electron chi connectivity index (χ3n) is 1.88. The van der Waals surface area contributed by atoms with Crippen LogP contribution in [-0.2, 0) is 9.53 Å². The van der Waals surface area contributed by atoms with E-state index >= 15 is 0 Å². The minimum absolute atomic E-state index is 0.252. The normalized spacial score (nSPS) is 10.8. The van der Waals surface area contributed by atoms with Gasteiger partial charge in [-0.1, -0.05) is 18.2 Å². The quantitative estimate of drug-likeness (QED) is 0.619. The van der Waals surface area contributed by atoms with Crippen LogP contribution in [0.25, 0.3) is 0 Å². The van der Waals surface area contributed by atoms with Crippen LogP contribution in [0.3, 0.4) is 0 Å². The summed E-state index contributed by atoms with van der Waals surface area (Å²) < 4.78 is 4.44. The van der Waals surface area contributed by atoms with Gasteiger partial charge in [0.05, 0.1) is 7.11 Å². The Bertz CT molecular complexity index is 410. The van der Waals surface area contributed by atoms with Gasteiger partial charge in [0, 0.05) is 17.3 Å². The predicted octanol–water partition coefficient (Wildman–Crippen LogP) is 1.49. The Morgan fingerprint density at radius 2 is 1.88 bits per heavy atom. The lowest BCUT2D eigenvalue weighted by Crippen LogP contribution is -2.22. The lowest BCUT2D eigenvalue weighted by molar-refractivity contribution is -0.134. The number of ether oxygens (including phenoxy) is 1. The second-order valence-electron chi connectivity index (χ2n) is 3.17. The van der Waals surface area contributed by atoms with Gasteiger partial charge in [-0.3, -0.25) is 4.79 Å². The van der Waals surface area contributed by atoms with Gasteiger partial charge >= 0.3 is 5.97 Å². The van der Waals surface area contributed by atoms with Gasteiger partial charge < -0.3 is 10.1 Å². The number of rotatable bonds is 3. The summed E-state index contributed by atoms with van der Waals surface area (Å²) in [6.07, 6.45) is 1.22. The van der Waals surface area contributed by atoms with Crippen LogP contribution in [0.2, 0.25) is 0 Å². The fourth-order valence-corrected chi connectivity index (χ4v) is 1.11. The van der Waals surface area contributed by atoms with Crippen LogP contribution < -0.4 is 5.32 Å². The zero-order chi connectivity index (χ0) is 12.0. The van der Waals surface area contributed by atoms with Crippen molar-refractivity contribution in [3.8, 4) is 0 Å². The SMILES string of the molecule is COC(=O)/C=C(\C)NC(=O)c1ccccc1. The number of amides is 1. The summed E-state index contributed by atoms with van der Waals surface area (Å²) in [5.41, 5.74) is 0.987. The van der Waals surface area contributed by atoms with Crippen LogP contribution in [0.15, 0.2) is 42.1 Å². The maximum atomic E-state index is 11.6. The number of methoxy groups -OCH3 is 1. The number of hydrogen-bond donors (Lipinski definition) is 1. The van der Waals surface area contributed by atoms with Crippen molar-refractivity contribution < 1.29 is 14.3 Å². The molecule has 4 nitrogen and oxygen atoms in total. The molecule has 0 atom stereocenters. The minimum atomic E-state index is -0.495. The molecule has 84 valence electrons. The van der Waals surface area contributed by atoms with Gasteiger partial charge in [-0.15, -0.1) is 0 Å². The molecule has 0 spiro atoms. The fraction of sp³-hybridized carbons (Fsp3) is 0.167. The summed E-state index contributed by atoms with van der Waals surface area (Å²) in [6.45, 7) is 1.62. The molecule has 0 aliphatic heterocycles. The zero-order valence-corrected chi connectivity index (χ0v) is 9.19. The van der Waals surface area contributed by atoms with Crippen molar-refractivity contribution in [2.45, 2.75) is 6.92 Å². The first kappa shape index (κ1) is 12.0. The first-order valence-electron chi connectivity index (χ1n) is 4.76. The molecule has 0 saturated carbocycles. The molecule has 0 saturated heterocycles. The van der Waals surface area contributed by atoms with Gasteiger partial charge in [0.2, 0.25) is 0 Å². The van der Waals surface area contributed by atoms with Crippen molar-refractivity contribution >= 4 is 11.9 Å². The van der Waals surface area contributed by atoms with Crippen LogP contribution in [0, 0.1) is 0 Å². The molecule has 16 heavy (non-hydrogen) atoms. The molecule has 0 fully saturated rings. The van der Waals surface area contributed by atoms with Crippen LogP contribution in [0.1, 0.15) is 17.3 Å². The Hall–Kier alpha value is -2.10. The summed E-state index contributed by atoms with van der Waals surface area (Å²) >= 11 is 0. The lowest BCUT2D eigenvalue weighted by Gasteiger charge is -2.04. The molecule has 4 heteroatoms. The van der Waals surface area contributed by atoms with E-state index in [1.807, 2.05) is 6.07 Å². The molecule has 0 bridgehead atoms. The van der Waals surface area contributed by atoms with Crippen LogP contribution >= 0.6 is 0 Å². The van der Waals surface area contributed by atoms with Crippen molar-refractivity contribution in [3.63, 3.8) is 0 Å². The van der Waals surface area contributed by atoms with E-state index < -0.39 is 5.97 Å².